The third kappa shape index (κ3) is 4.46. The van der Waals surface area contributed by atoms with E-state index in [4.69, 9.17) is 27.9 Å². The van der Waals surface area contributed by atoms with Gasteiger partial charge < -0.3 is 10.1 Å². The highest BCUT2D eigenvalue weighted by Gasteiger charge is 2.16. The summed E-state index contributed by atoms with van der Waals surface area (Å²) in [6.07, 6.45) is 1.36. The zero-order valence-corrected chi connectivity index (χ0v) is 15.0. The van der Waals surface area contributed by atoms with Gasteiger partial charge in [-0.2, -0.15) is 0 Å². The monoisotopic (exact) mass is 366 g/mol. The number of aromatic nitrogens is 1. The molecule has 0 saturated heterocycles. The molecule has 126 valence electrons. The van der Waals surface area contributed by atoms with Gasteiger partial charge in [-0.3, -0.25) is 4.79 Å². The van der Waals surface area contributed by atoms with Gasteiger partial charge in [-0.1, -0.05) is 40.9 Å². The van der Waals surface area contributed by atoms with E-state index in [0.717, 1.165) is 16.7 Å². The SMILES string of the molecule is Cc1cc(C)c(C(=O)OCC(=O)Nc2ncc(Cl)cc2Cl)c(C)c1. The zero-order valence-electron chi connectivity index (χ0n) is 13.4. The number of hydrogen-bond acceptors (Lipinski definition) is 4. The van der Waals surface area contributed by atoms with Crippen LogP contribution in [-0.4, -0.2) is 23.5 Å². The van der Waals surface area contributed by atoms with E-state index in [9.17, 15) is 9.59 Å². The molecule has 1 aromatic carbocycles. The van der Waals surface area contributed by atoms with Gasteiger partial charge in [0.2, 0.25) is 0 Å². The molecule has 5 nitrogen and oxygen atoms in total. The Morgan fingerprint density at radius 1 is 1.12 bits per heavy atom. The summed E-state index contributed by atoms with van der Waals surface area (Å²) in [7, 11) is 0. The summed E-state index contributed by atoms with van der Waals surface area (Å²) in [5.41, 5.74) is 3.14. The fourth-order valence-corrected chi connectivity index (χ4v) is 2.81. The average molecular weight is 367 g/mol. The summed E-state index contributed by atoms with van der Waals surface area (Å²) >= 11 is 11.7. The maximum atomic E-state index is 12.2. The van der Waals surface area contributed by atoms with Crippen molar-refractivity contribution in [2.24, 2.45) is 0 Å². The maximum Gasteiger partial charge on any atom is 0.339 e. The van der Waals surface area contributed by atoms with Gasteiger partial charge >= 0.3 is 5.97 Å². The van der Waals surface area contributed by atoms with Gasteiger partial charge in [0.1, 0.15) is 0 Å². The van der Waals surface area contributed by atoms with E-state index in [1.54, 1.807) is 0 Å². The molecule has 0 fully saturated rings. The lowest BCUT2D eigenvalue weighted by molar-refractivity contribution is -0.119. The third-order valence-electron chi connectivity index (χ3n) is 3.28. The van der Waals surface area contributed by atoms with E-state index in [2.05, 4.69) is 10.3 Å². The Kier molecular flexibility index (Phi) is 5.80. The van der Waals surface area contributed by atoms with E-state index in [1.807, 2.05) is 32.9 Å². The van der Waals surface area contributed by atoms with Crippen molar-refractivity contribution in [3.63, 3.8) is 0 Å². The number of carbonyl (C=O) groups is 2. The van der Waals surface area contributed by atoms with Crippen LogP contribution in [0.4, 0.5) is 5.82 Å². The lowest BCUT2D eigenvalue weighted by Gasteiger charge is -2.11. The first kappa shape index (κ1) is 18.2. The number of benzene rings is 1. The molecule has 0 radical (unpaired) electrons. The third-order valence-corrected chi connectivity index (χ3v) is 3.78. The molecule has 0 spiro atoms. The van der Waals surface area contributed by atoms with Crippen LogP contribution in [0.2, 0.25) is 10.0 Å². The molecule has 0 aliphatic rings. The van der Waals surface area contributed by atoms with Gasteiger partial charge in [-0.05, 0) is 38.0 Å². The van der Waals surface area contributed by atoms with Crippen LogP contribution in [0.5, 0.6) is 0 Å². The number of carbonyl (C=O) groups excluding carboxylic acids is 2. The summed E-state index contributed by atoms with van der Waals surface area (Å²) in [4.78, 5) is 28.0. The second-order valence-electron chi connectivity index (χ2n) is 5.38. The molecule has 0 bridgehead atoms. The highest BCUT2D eigenvalue weighted by Crippen LogP contribution is 2.22. The first-order valence-electron chi connectivity index (χ1n) is 7.14. The van der Waals surface area contributed by atoms with Gasteiger partial charge in [0, 0.05) is 6.20 Å². The molecule has 0 atom stereocenters. The van der Waals surface area contributed by atoms with Crippen molar-refractivity contribution in [3.05, 3.63) is 56.7 Å². The van der Waals surface area contributed by atoms with E-state index in [-0.39, 0.29) is 10.8 Å². The highest BCUT2D eigenvalue weighted by molar-refractivity contribution is 6.36. The largest absolute Gasteiger partial charge is 0.452 e. The quantitative estimate of drug-likeness (QED) is 0.826. The summed E-state index contributed by atoms with van der Waals surface area (Å²) in [5, 5.41) is 3.02. The summed E-state index contributed by atoms with van der Waals surface area (Å²) in [6, 6.07) is 5.24. The molecular weight excluding hydrogens is 351 g/mol. The second kappa shape index (κ2) is 7.64. The van der Waals surface area contributed by atoms with Crippen LogP contribution in [0.1, 0.15) is 27.0 Å². The van der Waals surface area contributed by atoms with Crippen LogP contribution < -0.4 is 5.32 Å². The first-order chi connectivity index (χ1) is 11.3. The number of aryl methyl sites for hydroxylation is 3. The first-order valence-corrected chi connectivity index (χ1v) is 7.89. The predicted octanol–water partition coefficient (Wildman–Crippen LogP) is 4.11. The van der Waals surface area contributed by atoms with E-state index in [1.165, 1.54) is 12.3 Å². The molecule has 1 N–H and O–H groups in total. The number of rotatable bonds is 4. The fraction of sp³-hybridized carbons (Fsp3) is 0.235. The molecule has 0 aliphatic heterocycles. The van der Waals surface area contributed by atoms with Crippen LogP contribution in [0.3, 0.4) is 0 Å². The van der Waals surface area contributed by atoms with Crippen LogP contribution in [0.25, 0.3) is 0 Å². The summed E-state index contributed by atoms with van der Waals surface area (Å²) < 4.78 is 5.08. The Balaban J connectivity index is 2.00. The number of pyridine rings is 1. The smallest absolute Gasteiger partial charge is 0.339 e. The lowest BCUT2D eigenvalue weighted by Crippen LogP contribution is -2.22. The van der Waals surface area contributed by atoms with Crippen molar-refractivity contribution in [2.45, 2.75) is 20.8 Å². The minimum atomic E-state index is -0.546. The lowest BCUT2D eigenvalue weighted by atomic mass is 10.00. The molecule has 1 heterocycles. The standard InChI is InChI=1S/C17H16Cl2N2O3/c1-9-4-10(2)15(11(3)5-9)17(23)24-8-14(22)21-16-13(19)6-12(18)7-20-16/h4-7H,8H2,1-3H3,(H,20,21,22). The Labute approximate surface area is 149 Å². The van der Waals surface area contributed by atoms with Crippen molar-refractivity contribution < 1.29 is 14.3 Å². The van der Waals surface area contributed by atoms with E-state index >= 15 is 0 Å². The number of halogens is 2. The molecule has 2 aromatic rings. The number of ether oxygens (including phenoxy) is 1. The van der Waals surface area contributed by atoms with Crippen molar-refractivity contribution >= 4 is 40.9 Å². The normalized spacial score (nSPS) is 10.4. The minimum Gasteiger partial charge on any atom is -0.452 e. The molecule has 1 amide bonds. The molecule has 1 aromatic heterocycles. The Bertz CT molecular complexity index is 783. The molecular formula is C17H16Cl2N2O3. The molecule has 0 aliphatic carbocycles. The van der Waals surface area contributed by atoms with Gasteiger partial charge in [-0.25, -0.2) is 9.78 Å². The van der Waals surface area contributed by atoms with Gasteiger partial charge in [-0.15, -0.1) is 0 Å². The number of anilines is 1. The van der Waals surface area contributed by atoms with Crippen LogP contribution in [-0.2, 0) is 9.53 Å². The van der Waals surface area contributed by atoms with Crippen LogP contribution in [0.15, 0.2) is 24.4 Å². The minimum absolute atomic E-state index is 0.157. The van der Waals surface area contributed by atoms with Crippen molar-refractivity contribution in [2.75, 3.05) is 11.9 Å². The summed E-state index contributed by atoms with van der Waals surface area (Å²) in [5.74, 6) is -0.928. The van der Waals surface area contributed by atoms with E-state index in [0.29, 0.717) is 10.6 Å². The average Bonchev–Trinajstić information content (AvgIpc) is 2.47. The maximum absolute atomic E-state index is 12.2. The Hall–Kier alpha value is -2.11. The van der Waals surface area contributed by atoms with Crippen molar-refractivity contribution in [3.8, 4) is 0 Å². The van der Waals surface area contributed by atoms with Gasteiger partial charge in [0.25, 0.3) is 5.91 Å². The topological polar surface area (TPSA) is 68.3 Å². The number of nitrogens with one attached hydrogen (secondary N) is 1. The second-order valence-corrected chi connectivity index (χ2v) is 6.23. The number of amides is 1. The van der Waals surface area contributed by atoms with Gasteiger partial charge in [0.05, 0.1) is 15.6 Å². The van der Waals surface area contributed by atoms with Gasteiger partial charge in [0.15, 0.2) is 12.4 Å². The molecule has 7 heteroatoms. The number of hydrogen-bond donors (Lipinski definition) is 1. The van der Waals surface area contributed by atoms with Crippen molar-refractivity contribution in [1.82, 2.24) is 4.98 Å². The fourth-order valence-electron chi connectivity index (χ4n) is 2.38. The number of nitrogens with zero attached hydrogens (tertiary/aromatic N) is 1. The number of esters is 1. The molecule has 2 rings (SSSR count). The molecule has 0 unspecified atom stereocenters. The van der Waals surface area contributed by atoms with Crippen LogP contribution in [0, 0.1) is 20.8 Å². The zero-order chi connectivity index (χ0) is 17.9. The predicted molar refractivity (Wildman–Crippen MR) is 93.8 cm³/mol. The van der Waals surface area contributed by atoms with Crippen LogP contribution >= 0.6 is 23.2 Å². The Morgan fingerprint density at radius 2 is 1.75 bits per heavy atom. The molecule has 0 saturated carbocycles. The summed E-state index contributed by atoms with van der Waals surface area (Å²) in [6.45, 7) is 5.17. The van der Waals surface area contributed by atoms with Crippen molar-refractivity contribution in [1.29, 1.82) is 0 Å². The Morgan fingerprint density at radius 3 is 2.33 bits per heavy atom. The van der Waals surface area contributed by atoms with E-state index < -0.39 is 18.5 Å². The highest BCUT2D eigenvalue weighted by atomic mass is 35.5. The molecule has 24 heavy (non-hydrogen) atoms.